The van der Waals surface area contributed by atoms with Gasteiger partial charge in [0.2, 0.25) is 0 Å². The monoisotopic (exact) mass is 477 g/mol. The van der Waals surface area contributed by atoms with Gasteiger partial charge in [-0.25, -0.2) is 0 Å². The molecule has 1 rings (SSSR count). The molecule has 0 amide bonds. The Morgan fingerprint density at radius 3 is 0.941 bits per heavy atom. The van der Waals surface area contributed by atoms with Crippen LogP contribution < -0.4 is 0 Å². The molecule has 0 saturated heterocycles. The Kier molecular flexibility index (Phi) is 12.7. The Bertz CT molecular complexity index is 483. The Balaban J connectivity index is 2.60. The molecule has 0 spiro atoms. The predicted octanol–water partition coefficient (Wildman–Crippen LogP) is 11.5. The van der Waals surface area contributed by atoms with Gasteiger partial charge in [-0.1, -0.05) is 135 Å². The van der Waals surface area contributed by atoms with E-state index in [9.17, 15) is 0 Å². The van der Waals surface area contributed by atoms with Crippen LogP contribution in [0.3, 0.4) is 0 Å². The van der Waals surface area contributed by atoms with Gasteiger partial charge in [0.05, 0.1) is 0 Å². The zero-order valence-corrected chi connectivity index (χ0v) is 26.4. The van der Waals surface area contributed by atoms with Gasteiger partial charge in [0, 0.05) is 0 Å². The topological polar surface area (TPSA) is 0 Å². The number of hydrogen-bond donors (Lipinski definition) is 0. The molecule has 34 heavy (non-hydrogen) atoms. The summed E-state index contributed by atoms with van der Waals surface area (Å²) in [4.78, 5) is 0. The highest BCUT2D eigenvalue weighted by Crippen LogP contribution is 2.45. The van der Waals surface area contributed by atoms with Crippen molar-refractivity contribution in [1.82, 2.24) is 0 Å². The maximum atomic E-state index is 2.55. The molecular weight excluding hydrogens is 408 g/mol. The zero-order chi connectivity index (χ0) is 26.4. The molecule has 1 aliphatic rings. The molecule has 0 N–H and O–H groups in total. The van der Waals surface area contributed by atoms with Gasteiger partial charge in [-0.05, 0) is 82.9 Å². The summed E-state index contributed by atoms with van der Waals surface area (Å²) in [5.74, 6) is 8.52. The summed E-state index contributed by atoms with van der Waals surface area (Å²) in [7, 11) is 0. The largest absolute Gasteiger partial charge is 0.0625 e. The van der Waals surface area contributed by atoms with Crippen LogP contribution in [0.4, 0.5) is 0 Å². The average Bonchev–Trinajstić information content (AvgIpc) is 2.71. The molecule has 0 bridgehead atoms. The Labute approximate surface area is 218 Å². The molecule has 0 radical (unpaired) electrons. The Morgan fingerprint density at radius 2 is 0.735 bits per heavy atom. The predicted molar refractivity (Wildman–Crippen MR) is 156 cm³/mol. The van der Waals surface area contributed by atoms with E-state index in [0.717, 1.165) is 59.2 Å². The average molecular weight is 477 g/mol. The second-order valence-corrected chi connectivity index (χ2v) is 15.9. The maximum Gasteiger partial charge on any atom is -0.0337 e. The van der Waals surface area contributed by atoms with Crippen LogP contribution >= 0.6 is 0 Å². The van der Waals surface area contributed by atoms with Crippen molar-refractivity contribution in [3.05, 3.63) is 0 Å². The van der Waals surface area contributed by atoms with Gasteiger partial charge in [0.1, 0.15) is 0 Å². The fourth-order valence-corrected chi connectivity index (χ4v) is 7.56. The van der Waals surface area contributed by atoms with Gasteiger partial charge in [-0.3, -0.25) is 0 Å². The lowest BCUT2D eigenvalue weighted by atomic mass is 9.64. The molecule has 0 nitrogen and oxygen atoms in total. The van der Waals surface area contributed by atoms with Crippen molar-refractivity contribution in [3.63, 3.8) is 0 Å². The summed E-state index contributed by atoms with van der Waals surface area (Å²) in [6.07, 6.45) is 11.8. The van der Waals surface area contributed by atoms with Crippen LogP contribution in [-0.2, 0) is 0 Å². The fourth-order valence-electron chi connectivity index (χ4n) is 7.56. The smallest absolute Gasteiger partial charge is 0.0337 e. The van der Waals surface area contributed by atoms with Crippen molar-refractivity contribution in [2.45, 2.75) is 148 Å². The first-order valence-electron chi connectivity index (χ1n) is 15.5. The van der Waals surface area contributed by atoms with Crippen molar-refractivity contribution >= 4 is 0 Å². The highest BCUT2D eigenvalue weighted by atomic mass is 14.4. The highest BCUT2D eigenvalue weighted by molar-refractivity contribution is 4.86. The van der Waals surface area contributed by atoms with Gasteiger partial charge in [-0.15, -0.1) is 0 Å². The Hall–Kier alpha value is 0. The Morgan fingerprint density at radius 1 is 0.471 bits per heavy atom. The summed E-state index contributed by atoms with van der Waals surface area (Å²) < 4.78 is 0. The lowest BCUT2D eigenvalue weighted by molar-refractivity contribution is 0.0823. The summed E-state index contributed by atoms with van der Waals surface area (Å²) >= 11 is 0. The second-order valence-electron chi connectivity index (χ2n) is 15.9. The van der Waals surface area contributed by atoms with Crippen molar-refractivity contribution < 1.29 is 0 Å². The lowest BCUT2D eigenvalue weighted by Gasteiger charge is -2.41. The standard InChI is InChI=1S/C34H68/c1-23(2)25(5)27(7)31(33(9,10)11)21-19-29-15-17-30(18-16-29)20-22-32(34(12,13)14)28(8)26(6)24(3)4/h23-32H,15-22H2,1-14H3. The van der Waals surface area contributed by atoms with Crippen LogP contribution in [0.15, 0.2) is 0 Å². The molecule has 1 aliphatic carbocycles. The fraction of sp³-hybridized carbons (Fsp3) is 1.00. The van der Waals surface area contributed by atoms with Crippen LogP contribution in [0.5, 0.6) is 0 Å². The van der Waals surface area contributed by atoms with Crippen LogP contribution in [0.1, 0.15) is 148 Å². The van der Waals surface area contributed by atoms with Gasteiger partial charge in [0.25, 0.3) is 0 Å². The molecule has 0 heteroatoms. The molecule has 6 atom stereocenters. The molecule has 0 heterocycles. The number of hydrogen-bond acceptors (Lipinski definition) is 0. The van der Waals surface area contributed by atoms with Crippen molar-refractivity contribution in [2.24, 2.45) is 70.0 Å². The van der Waals surface area contributed by atoms with Gasteiger partial charge in [-0.2, -0.15) is 0 Å². The molecule has 1 saturated carbocycles. The van der Waals surface area contributed by atoms with E-state index in [1.165, 1.54) is 51.4 Å². The van der Waals surface area contributed by atoms with Crippen molar-refractivity contribution in [2.75, 3.05) is 0 Å². The van der Waals surface area contributed by atoms with Gasteiger partial charge in [0.15, 0.2) is 0 Å². The van der Waals surface area contributed by atoms with Crippen molar-refractivity contribution in [3.8, 4) is 0 Å². The van der Waals surface area contributed by atoms with Crippen LogP contribution in [-0.4, -0.2) is 0 Å². The molecular formula is C34H68. The molecule has 0 aromatic heterocycles. The quantitative estimate of drug-likeness (QED) is 0.262. The number of rotatable bonds is 12. The third kappa shape index (κ3) is 9.81. The molecule has 0 aromatic carbocycles. The minimum atomic E-state index is 0.422. The first kappa shape index (κ1) is 32.0. The summed E-state index contributed by atoms with van der Waals surface area (Å²) in [5, 5.41) is 0. The van der Waals surface area contributed by atoms with E-state index in [4.69, 9.17) is 0 Å². The zero-order valence-electron chi connectivity index (χ0n) is 26.4. The molecule has 204 valence electrons. The minimum absolute atomic E-state index is 0.422. The maximum absolute atomic E-state index is 2.55. The highest BCUT2D eigenvalue weighted by Gasteiger charge is 2.36. The third-order valence-electron chi connectivity index (χ3n) is 11.0. The van der Waals surface area contributed by atoms with E-state index in [1.807, 2.05) is 0 Å². The summed E-state index contributed by atoms with van der Waals surface area (Å²) in [6, 6.07) is 0. The molecule has 0 aliphatic heterocycles. The van der Waals surface area contributed by atoms with E-state index in [1.54, 1.807) is 0 Å². The van der Waals surface area contributed by atoms with E-state index >= 15 is 0 Å². The van der Waals surface area contributed by atoms with Crippen LogP contribution in [0.2, 0.25) is 0 Å². The van der Waals surface area contributed by atoms with E-state index in [0.29, 0.717) is 10.8 Å². The molecule has 0 aromatic rings. The third-order valence-corrected chi connectivity index (χ3v) is 11.0. The molecule has 6 unspecified atom stereocenters. The van der Waals surface area contributed by atoms with Crippen molar-refractivity contribution in [1.29, 1.82) is 0 Å². The van der Waals surface area contributed by atoms with Crippen LogP contribution in [0, 0.1) is 70.0 Å². The lowest BCUT2D eigenvalue weighted by Crippen LogP contribution is -2.33. The van der Waals surface area contributed by atoms with E-state index in [-0.39, 0.29) is 0 Å². The van der Waals surface area contributed by atoms with E-state index < -0.39 is 0 Å². The first-order valence-corrected chi connectivity index (χ1v) is 15.5. The second kappa shape index (κ2) is 13.5. The van der Waals surface area contributed by atoms with Gasteiger partial charge < -0.3 is 0 Å². The van der Waals surface area contributed by atoms with Gasteiger partial charge >= 0.3 is 0 Å². The minimum Gasteiger partial charge on any atom is -0.0625 e. The SMILES string of the molecule is CC(C)C(C)C(C)C(CCC1CCC(CCC(C(C)C(C)C(C)C)C(C)(C)C)CC1)C(C)(C)C. The van der Waals surface area contributed by atoms with E-state index in [2.05, 4.69) is 96.9 Å². The van der Waals surface area contributed by atoms with Crippen LogP contribution in [0.25, 0.3) is 0 Å². The normalized spacial score (nSPS) is 25.8. The summed E-state index contributed by atoms with van der Waals surface area (Å²) in [6.45, 7) is 34.7. The molecule has 1 fully saturated rings. The first-order chi connectivity index (χ1) is 15.5. The summed E-state index contributed by atoms with van der Waals surface area (Å²) in [5.41, 5.74) is 0.844.